The summed E-state index contributed by atoms with van der Waals surface area (Å²) in [6.45, 7) is 7.56. The largest absolute Gasteiger partial charge is 0.384 e. The summed E-state index contributed by atoms with van der Waals surface area (Å²) in [4.78, 5) is 13.5. The maximum Gasteiger partial charge on any atom is 0.252 e. The van der Waals surface area contributed by atoms with Gasteiger partial charge in [0.1, 0.15) is 6.10 Å². The molecule has 1 aromatic rings. The van der Waals surface area contributed by atoms with Gasteiger partial charge in [0.2, 0.25) is 0 Å². The first-order chi connectivity index (χ1) is 8.08. The van der Waals surface area contributed by atoms with E-state index in [9.17, 15) is 4.79 Å². The van der Waals surface area contributed by atoms with E-state index in [1.807, 2.05) is 24.3 Å². The molecule has 1 atom stereocenters. The second-order valence-corrected chi connectivity index (χ2v) is 3.88. The van der Waals surface area contributed by atoms with E-state index in [2.05, 4.69) is 24.1 Å². The lowest BCUT2D eigenvalue weighted by molar-refractivity contribution is -0.123. The third-order valence-corrected chi connectivity index (χ3v) is 2.64. The normalized spacial score (nSPS) is 12.0. The molecule has 2 N–H and O–H groups in total. The van der Waals surface area contributed by atoms with Crippen LogP contribution in [-0.2, 0) is 4.79 Å². The first kappa shape index (κ1) is 13.5. The Labute approximate surface area is 102 Å². The monoisotopic (exact) mass is 236 g/mol. The number of carbonyl (C=O) groups is 1. The van der Waals surface area contributed by atoms with E-state index in [0.717, 1.165) is 18.8 Å². The molecule has 0 radical (unpaired) electrons. The minimum atomic E-state index is -0.988. The van der Waals surface area contributed by atoms with E-state index in [1.54, 1.807) is 0 Å². The second-order valence-electron chi connectivity index (χ2n) is 3.88. The smallest absolute Gasteiger partial charge is 0.252 e. The lowest BCUT2D eigenvalue weighted by Crippen LogP contribution is -2.24. The summed E-state index contributed by atoms with van der Waals surface area (Å²) in [7, 11) is 0. The summed E-state index contributed by atoms with van der Waals surface area (Å²) in [6.07, 6.45) is -0.988. The molecule has 0 saturated heterocycles. The first-order valence-corrected chi connectivity index (χ1v) is 5.92. The third kappa shape index (κ3) is 3.75. The zero-order valence-electron chi connectivity index (χ0n) is 10.6. The summed E-state index contributed by atoms with van der Waals surface area (Å²) in [5.74, 6) is -0.388. The van der Waals surface area contributed by atoms with Gasteiger partial charge in [0.15, 0.2) is 0 Å². The highest BCUT2D eigenvalue weighted by atomic mass is 16.3. The number of anilines is 2. The summed E-state index contributed by atoms with van der Waals surface area (Å²) >= 11 is 0. The zero-order valence-corrected chi connectivity index (χ0v) is 10.6. The van der Waals surface area contributed by atoms with Gasteiger partial charge < -0.3 is 15.3 Å². The van der Waals surface area contributed by atoms with Crippen molar-refractivity contribution in [2.45, 2.75) is 26.9 Å². The predicted octanol–water partition coefficient (Wildman–Crippen LogP) is 1.85. The third-order valence-electron chi connectivity index (χ3n) is 2.64. The Morgan fingerprint density at radius 3 is 2.24 bits per heavy atom. The number of hydrogen-bond donors (Lipinski definition) is 2. The molecule has 1 aromatic carbocycles. The van der Waals surface area contributed by atoms with Gasteiger partial charge in [-0.1, -0.05) is 0 Å². The molecule has 1 rings (SSSR count). The van der Waals surface area contributed by atoms with Crippen molar-refractivity contribution >= 4 is 17.3 Å². The standard InChI is InChI=1S/C13H20N2O2/c1-4-15(5-2)12-8-6-11(7-9-12)14-13(17)10(3)16/h6-10,16H,4-5H2,1-3H3,(H,14,17). The van der Waals surface area contributed by atoms with E-state index in [0.29, 0.717) is 5.69 Å². The topological polar surface area (TPSA) is 52.6 Å². The molecule has 0 aliphatic heterocycles. The van der Waals surface area contributed by atoms with Crippen LogP contribution in [0.3, 0.4) is 0 Å². The Balaban J connectivity index is 2.71. The van der Waals surface area contributed by atoms with Crippen molar-refractivity contribution in [3.05, 3.63) is 24.3 Å². The fraction of sp³-hybridized carbons (Fsp3) is 0.462. The molecular formula is C13H20N2O2. The molecule has 1 unspecified atom stereocenters. The van der Waals surface area contributed by atoms with Crippen LogP contribution in [0, 0.1) is 0 Å². The average molecular weight is 236 g/mol. The summed E-state index contributed by atoms with van der Waals surface area (Å²) in [5.41, 5.74) is 1.83. The lowest BCUT2D eigenvalue weighted by Gasteiger charge is -2.21. The van der Waals surface area contributed by atoms with E-state index in [1.165, 1.54) is 6.92 Å². The van der Waals surface area contributed by atoms with Crippen LogP contribution in [0.5, 0.6) is 0 Å². The van der Waals surface area contributed by atoms with E-state index in [-0.39, 0.29) is 5.91 Å². The van der Waals surface area contributed by atoms with Gasteiger partial charge in [-0.05, 0) is 45.0 Å². The molecule has 0 aromatic heterocycles. The van der Waals surface area contributed by atoms with Crippen molar-refractivity contribution in [3.63, 3.8) is 0 Å². The molecule has 0 bridgehead atoms. The first-order valence-electron chi connectivity index (χ1n) is 5.92. The van der Waals surface area contributed by atoms with Crippen LogP contribution < -0.4 is 10.2 Å². The molecule has 0 fully saturated rings. The predicted molar refractivity (Wildman–Crippen MR) is 70.3 cm³/mol. The molecule has 4 heteroatoms. The number of nitrogens with one attached hydrogen (secondary N) is 1. The van der Waals surface area contributed by atoms with E-state index < -0.39 is 6.10 Å². The number of hydrogen-bond acceptors (Lipinski definition) is 3. The molecule has 94 valence electrons. The number of carbonyl (C=O) groups excluding carboxylic acids is 1. The van der Waals surface area contributed by atoms with Crippen molar-refractivity contribution in [3.8, 4) is 0 Å². The van der Waals surface area contributed by atoms with Crippen LogP contribution >= 0.6 is 0 Å². The minimum absolute atomic E-state index is 0.388. The summed E-state index contributed by atoms with van der Waals surface area (Å²) < 4.78 is 0. The van der Waals surface area contributed by atoms with Gasteiger partial charge in [0.05, 0.1) is 0 Å². The molecule has 0 heterocycles. The van der Waals surface area contributed by atoms with E-state index >= 15 is 0 Å². The van der Waals surface area contributed by atoms with Crippen LogP contribution in [0.4, 0.5) is 11.4 Å². The summed E-state index contributed by atoms with van der Waals surface area (Å²) in [6, 6.07) is 7.61. The maximum atomic E-state index is 11.3. The van der Waals surface area contributed by atoms with Gasteiger partial charge in [-0.25, -0.2) is 0 Å². The Morgan fingerprint density at radius 2 is 1.82 bits per heavy atom. The molecule has 17 heavy (non-hydrogen) atoms. The van der Waals surface area contributed by atoms with Crippen LogP contribution in [0.15, 0.2) is 24.3 Å². The fourth-order valence-corrected chi connectivity index (χ4v) is 1.59. The number of rotatable bonds is 5. The highest BCUT2D eigenvalue weighted by molar-refractivity contribution is 5.93. The second kappa shape index (κ2) is 6.25. The van der Waals surface area contributed by atoms with Crippen LogP contribution in [0.1, 0.15) is 20.8 Å². The van der Waals surface area contributed by atoms with Crippen molar-refractivity contribution in [1.82, 2.24) is 0 Å². The van der Waals surface area contributed by atoms with E-state index in [4.69, 9.17) is 5.11 Å². The molecule has 0 aliphatic carbocycles. The van der Waals surface area contributed by atoms with Crippen molar-refractivity contribution in [2.24, 2.45) is 0 Å². The Morgan fingerprint density at radius 1 is 1.29 bits per heavy atom. The van der Waals surface area contributed by atoms with Crippen molar-refractivity contribution in [1.29, 1.82) is 0 Å². The quantitative estimate of drug-likeness (QED) is 0.820. The van der Waals surface area contributed by atoms with Gasteiger partial charge in [0.25, 0.3) is 5.91 Å². The lowest BCUT2D eigenvalue weighted by atomic mass is 10.2. The maximum absolute atomic E-state index is 11.3. The van der Waals surface area contributed by atoms with Gasteiger partial charge in [-0.15, -0.1) is 0 Å². The number of nitrogens with zero attached hydrogens (tertiary/aromatic N) is 1. The zero-order chi connectivity index (χ0) is 12.8. The SMILES string of the molecule is CCN(CC)c1ccc(NC(=O)C(C)O)cc1. The Bertz CT molecular complexity index is 356. The number of amides is 1. The van der Waals surface area contributed by atoms with Crippen LogP contribution in [-0.4, -0.2) is 30.2 Å². The number of aliphatic hydroxyl groups is 1. The molecule has 0 aliphatic rings. The van der Waals surface area contributed by atoms with Gasteiger partial charge in [0, 0.05) is 24.5 Å². The van der Waals surface area contributed by atoms with Gasteiger partial charge >= 0.3 is 0 Å². The molecular weight excluding hydrogens is 216 g/mol. The van der Waals surface area contributed by atoms with Gasteiger partial charge in [-0.2, -0.15) is 0 Å². The number of aliphatic hydroxyl groups excluding tert-OH is 1. The molecule has 0 saturated carbocycles. The molecule has 4 nitrogen and oxygen atoms in total. The Kier molecular flexibility index (Phi) is 4.97. The molecule has 0 spiro atoms. The van der Waals surface area contributed by atoms with Gasteiger partial charge in [-0.3, -0.25) is 4.79 Å². The highest BCUT2D eigenvalue weighted by Crippen LogP contribution is 2.17. The average Bonchev–Trinajstić information content (AvgIpc) is 2.32. The fourth-order valence-electron chi connectivity index (χ4n) is 1.59. The van der Waals surface area contributed by atoms with Crippen LogP contribution in [0.2, 0.25) is 0 Å². The summed E-state index contributed by atoms with van der Waals surface area (Å²) in [5, 5.41) is 11.7. The Hall–Kier alpha value is -1.55. The molecule has 1 amide bonds. The minimum Gasteiger partial charge on any atom is -0.384 e. The highest BCUT2D eigenvalue weighted by Gasteiger charge is 2.08. The van der Waals surface area contributed by atoms with Crippen molar-refractivity contribution < 1.29 is 9.90 Å². The van der Waals surface area contributed by atoms with Crippen molar-refractivity contribution in [2.75, 3.05) is 23.3 Å². The number of benzene rings is 1. The van der Waals surface area contributed by atoms with Crippen LogP contribution in [0.25, 0.3) is 0 Å².